The highest BCUT2D eigenvalue weighted by atomic mass is 32.2. The molecule has 0 radical (unpaired) electrons. The predicted octanol–water partition coefficient (Wildman–Crippen LogP) is 0.514. The Hall–Kier alpha value is -1.02. The molecule has 0 saturated carbocycles. The summed E-state index contributed by atoms with van der Waals surface area (Å²) < 4.78 is 39.9. The summed E-state index contributed by atoms with van der Waals surface area (Å²) in [6.45, 7) is 1.21. The molecule has 1 aromatic rings. The van der Waals surface area contributed by atoms with Crippen LogP contribution in [0.25, 0.3) is 0 Å². The van der Waals surface area contributed by atoms with E-state index >= 15 is 0 Å². The fourth-order valence-electron chi connectivity index (χ4n) is 1.57. The van der Waals surface area contributed by atoms with Gasteiger partial charge in [0.25, 0.3) is 0 Å². The van der Waals surface area contributed by atoms with Crippen molar-refractivity contribution in [1.29, 1.82) is 0 Å². The molecule has 0 aromatic heterocycles. The smallest absolute Gasteiger partial charge is 0.243 e. The molecule has 0 heterocycles. The Morgan fingerprint density at radius 1 is 1.37 bits per heavy atom. The number of nitrogens with one attached hydrogen (secondary N) is 1. The Bertz CT molecular complexity index is 518. The van der Waals surface area contributed by atoms with Crippen LogP contribution in [-0.2, 0) is 16.6 Å². The molecule has 7 heteroatoms. The number of hydrogen-bond donors (Lipinski definition) is 2. The molecule has 0 amide bonds. The summed E-state index contributed by atoms with van der Waals surface area (Å²) in [6.07, 6.45) is 0.661. The molecule has 108 valence electrons. The molecular formula is C12H20FN3O2S. The van der Waals surface area contributed by atoms with Crippen molar-refractivity contribution < 1.29 is 12.8 Å². The first-order chi connectivity index (χ1) is 8.86. The number of benzene rings is 1. The zero-order valence-corrected chi connectivity index (χ0v) is 12.0. The first-order valence-electron chi connectivity index (χ1n) is 5.99. The average Bonchev–Trinajstić information content (AvgIpc) is 2.34. The quantitative estimate of drug-likeness (QED) is 0.717. The third-order valence-corrected chi connectivity index (χ3v) is 4.09. The second-order valence-corrected chi connectivity index (χ2v) is 6.26. The van der Waals surface area contributed by atoms with Crippen molar-refractivity contribution in [3.8, 4) is 0 Å². The minimum atomic E-state index is -3.80. The van der Waals surface area contributed by atoms with Gasteiger partial charge in [0.05, 0.1) is 0 Å². The van der Waals surface area contributed by atoms with Gasteiger partial charge in [0.15, 0.2) is 0 Å². The third-order valence-electron chi connectivity index (χ3n) is 2.60. The van der Waals surface area contributed by atoms with Crippen LogP contribution >= 0.6 is 0 Å². The van der Waals surface area contributed by atoms with E-state index in [-0.39, 0.29) is 18.0 Å². The van der Waals surface area contributed by atoms with Crippen molar-refractivity contribution in [2.75, 3.05) is 27.2 Å². The van der Waals surface area contributed by atoms with Crippen molar-refractivity contribution in [3.63, 3.8) is 0 Å². The molecule has 0 aliphatic heterocycles. The minimum absolute atomic E-state index is 0.174. The van der Waals surface area contributed by atoms with Crippen LogP contribution in [0, 0.1) is 5.82 Å². The zero-order chi connectivity index (χ0) is 14.5. The van der Waals surface area contributed by atoms with E-state index in [1.165, 1.54) is 12.1 Å². The normalized spacial score (nSPS) is 12.1. The maximum atomic E-state index is 13.7. The van der Waals surface area contributed by atoms with Gasteiger partial charge in [-0.1, -0.05) is 6.07 Å². The monoisotopic (exact) mass is 289 g/mol. The molecule has 3 N–H and O–H groups in total. The van der Waals surface area contributed by atoms with Gasteiger partial charge in [0, 0.05) is 13.1 Å². The molecule has 0 fully saturated rings. The molecule has 0 bridgehead atoms. The van der Waals surface area contributed by atoms with E-state index in [1.54, 1.807) is 0 Å². The second-order valence-electron chi connectivity index (χ2n) is 4.52. The third kappa shape index (κ3) is 4.87. The lowest BCUT2D eigenvalue weighted by molar-refractivity contribution is 0.400. The van der Waals surface area contributed by atoms with Crippen molar-refractivity contribution >= 4 is 10.0 Å². The Labute approximate surface area is 113 Å². The van der Waals surface area contributed by atoms with E-state index < -0.39 is 15.8 Å². The van der Waals surface area contributed by atoms with Crippen LogP contribution in [0.5, 0.6) is 0 Å². The Kier molecular flexibility index (Phi) is 5.86. The van der Waals surface area contributed by atoms with Crippen molar-refractivity contribution in [3.05, 3.63) is 29.6 Å². The molecule has 0 atom stereocenters. The van der Waals surface area contributed by atoms with E-state index in [9.17, 15) is 12.8 Å². The summed E-state index contributed by atoms with van der Waals surface area (Å²) in [5, 5.41) is 0. The number of nitrogens with two attached hydrogens (primary N) is 1. The van der Waals surface area contributed by atoms with Crippen molar-refractivity contribution in [2.24, 2.45) is 5.73 Å². The second kappa shape index (κ2) is 6.95. The molecule has 0 unspecified atom stereocenters. The molecule has 5 nitrogen and oxygen atoms in total. The topological polar surface area (TPSA) is 75.4 Å². The van der Waals surface area contributed by atoms with Crippen LogP contribution in [0.4, 0.5) is 4.39 Å². The summed E-state index contributed by atoms with van der Waals surface area (Å²) >= 11 is 0. The van der Waals surface area contributed by atoms with E-state index in [2.05, 4.69) is 4.72 Å². The molecule has 1 rings (SSSR count). The zero-order valence-electron chi connectivity index (χ0n) is 11.2. The van der Waals surface area contributed by atoms with Gasteiger partial charge in [0.2, 0.25) is 10.0 Å². The average molecular weight is 289 g/mol. The Balaban J connectivity index is 2.72. The van der Waals surface area contributed by atoms with Crippen LogP contribution in [0.1, 0.15) is 12.0 Å². The number of sulfonamides is 1. The van der Waals surface area contributed by atoms with E-state index in [0.717, 1.165) is 12.6 Å². The van der Waals surface area contributed by atoms with E-state index in [4.69, 9.17) is 5.73 Å². The lowest BCUT2D eigenvalue weighted by Gasteiger charge is -2.11. The molecule has 0 saturated heterocycles. The highest BCUT2D eigenvalue weighted by Gasteiger charge is 2.18. The lowest BCUT2D eigenvalue weighted by atomic mass is 10.2. The molecule has 0 aliphatic rings. The van der Waals surface area contributed by atoms with Crippen molar-refractivity contribution in [2.45, 2.75) is 17.9 Å². The number of nitrogens with zero attached hydrogens (tertiary/aromatic N) is 1. The number of hydrogen-bond acceptors (Lipinski definition) is 4. The molecule has 19 heavy (non-hydrogen) atoms. The van der Waals surface area contributed by atoms with Gasteiger partial charge in [-0.15, -0.1) is 0 Å². The van der Waals surface area contributed by atoms with Gasteiger partial charge >= 0.3 is 0 Å². The van der Waals surface area contributed by atoms with Gasteiger partial charge in [0.1, 0.15) is 10.7 Å². The summed E-state index contributed by atoms with van der Waals surface area (Å²) in [6, 6.07) is 3.90. The summed E-state index contributed by atoms with van der Waals surface area (Å²) in [5.74, 6) is -0.775. The van der Waals surface area contributed by atoms with Crippen LogP contribution in [0.15, 0.2) is 23.1 Å². The van der Waals surface area contributed by atoms with Gasteiger partial charge in [-0.2, -0.15) is 0 Å². The van der Waals surface area contributed by atoms with Crippen LogP contribution < -0.4 is 10.5 Å². The number of halogens is 1. The fraction of sp³-hybridized carbons (Fsp3) is 0.500. The highest BCUT2D eigenvalue weighted by molar-refractivity contribution is 7.89. The molecule has 1 aromatic carbocycles. The summed E-state index contributed by atoms with van der Waals surface area (Å²) in [4.78, 5) is 1.61. The summed E-state index contributed by atoms with van der Waals surface area (Å²) in [7, 11) is 0.00678. The summed E-state index contributed by atoms with van der Waals surface area (Å²) in [5.41, 5.74) is 5.93. The molecule has 0 spiro atoms. The van der Waals surface area contributed by atoms with Gasteiger partial charge in [-0.25, -0.2) is 17.5 Å². The molecule has 0 aliphatic carbocycles. The maximum Gasteiger partial charge on any atom is 0.243 e. The van der Waals surface area contributed by atoms with Crippen molar-refractivity contribution in [1.82, 2.24) is 9.62 Å². The number of rotatable bonds is 7. The SMILES string of the molecule is CN(C)CCCNS(=O)(=O)c1ccc(CN)cc1F. The van der Waals surface area contributed by atoms with Gasteiger partial charge in [-0.05, 0) is 44.8 Å². The maximum absolute atomic E-state index is 13.7. The standard InChI is InChI=1S/C12H20FN3O2S/c1-16(2)7-3-6-15-19(17,18)12-5-4-10(9-14)8-11(12)13/h4-5,8,15H,3,6-7,9,14H2,1-2H3. The minimum Gasteiger partial charge on any atom is -0.326 e. The van der Waals surface area contributed by atoms with Crippen LogP contribution in [-0.4, -0.2) is 40.5 Å². The first-order valence-corrected chi connectivity index (χ1v) is 7.48. The molecular weight excluding hydrogens is 269 g/mol. The fourth-order valence-corrected chi connectivity index (χ4v) is 2.70. The Morgan fingerprint density at radius 3 is 2.58 bits per heavy atom. The van der Waals surface area contributed by atoms with E-state index in [1.807, 2.05) is 19.0 Å². The largest absolute Gasteiger partial charge is 0.326 e. The highest BCUT2D eigenvalue weighted by Crippen LogP contribution is 2.15. The van der Waals surface area contributed by atoms with E-state index in [0.29, 0.717) is 12.0 Å². The lowest BCUT2D eigenvalue weighted by Crippen LogP contribution is -2.28. The van der Waals surface area contributed by atoms with Gasteiger partial charge < -0.3 is 10.6 Å². The van der Waals surface area contributed by atoms with Gasteiger partial charge in [-0.3, -0.25) is 0 Å². The predicted molar refractivity (Wildman–Crippen MR) is 72.7 cm³/mol. The Morgan fingerprint density at radius 2 is 2.05 bits per heavy atom. The van der Waals surface area contributed by atoms with Crippen LogP contribution in [0.2, 0.25) is 0 Å². The first kappa shape index (κ1) is 16.0. The van der Waals surface area contributed by atoms with Crippen LogP contribution in [0.3, 0.4) is 0 Å².